The highest BCUT2D eigenvalue weighted by Crippen LogP contribution is 2.45. The highest BCUT2D eigenvalue weighted by molar-refractivity contribution is 7.09. The van der Waals surface area contributed by atoms with E-state index >= 15 is 0 Å². The molecule has 2 aliphatic rings. The van der Waals surface area contributed by atoms with Crippen LogP contribution < -0.4 is 0 Å². The van der Waals surface area contributed by atoms with E-state index in [0.29, 0.717) is 30.1 Å². The number of hydrogen-bond donors (Lipinski definition) is 1. The van der Waals surface area contributed by atoms with Gasteiger partial charge in [0.2, 0.25) is 0 Å². The number of likely N-dealkylation sites (tertiary alicyclic amines) is 1. The molecule has 0 aliphatic carbocycles. The number of rotatable bonds is 2. The van der Waals surface area contributed by atoms with Crippen LogP contribution in [-0.4, -0.2) is 56.0 Å². The second-order valence-electron chi connectivity index (χ2n) is 7.08. The number of amides is 1. The molecule has 1 spiro atoms. The zero-order valence-corrected chi connectivity index (χ0v) is 15.3. The van der Waals surface area contributed by atoms with E-state index < -0.39 is 5.60 Å². The fourth-order valence-corrected chi connectivity index (χ4v) is 4.54. The Bertz CT molecular complexity index is 780. The third-order valence-electron chi connectivity index (χ3n) is 5.49. The van der Waals surface area contributed by atoms with Gasteiger partial charge in [-0.2, -0.15) is 5.10 Å². The van der Waals surface area contributed by atoms with Crippen LogP contribution in [0.15, 0.2) is 17.8 Å². The van der Waals surface area contributed by atoms with Crippen molar-refractivity contribution in [2.45, 2.75) is 37.4 Å². The molecule has 8 heteroatoms. The topological polar surface area (TPSA) is 80.5 Å². The van der Waals surface area contributed by atoms with Crippen LogP contribution in [0.3, 0.4) is 0 Å². The van der Waals surface area contributed by atoms with Crippen LogP contribution in [-0.2, 0) is 17.4 Å². The molecule has 2 fully saturated rings. The number of hydrogen-bond acceptors (Lipinski definition) is 6. The summed E-state index contributed by atoms with van der Waals surface area (Å²) in [6.07, 6.45) is 5.34. The predicted molar refractivity (Wildman–Crippen MR) is 92.4 cm³/mol. The lowest BCUT2D eigenvalue weighted by molar-refractivity contribution is -0.0431. The minimum absolute atomic E-state index is 0.0219. The molecule has 4 heterocycles. The van der Waals surface area contributed by atoms with E-state index in [-0.39, 0.29) is 18.1 Å². The van der Waals surface area contributed by atoms with Crippen molar-refractivity contribution in [1.82, 2.24) is 19.7 Å². The number of ether oxygens (including phenoxy) is 1. The van der Waals surface area contributed by atoms with Gasteiger partial charge >= 0.3 is 0 Å². The van der Waals surface area contributed by atoms with Crippen molar-refractivity contribution in [3.8, 4) is 0 Å². The van der Waals surface area contributed by atoms with Crippen molar-refractivity contribution in [1.29, 1.82) is 0 Å². The zero-order valence-electron chi connectivity index (χ0n) is 14.4. The number of aromatic nitrogens is 3. The third-order valence-corrected chi connectivity index (χ3v) is 6.46. The van der Waals surface area contributed by atoms with Crippen molar-refractivity contribution < 1.29 is 14.6 Å². The van der Waals surface area contributed by atoms with Crippen LogP contribution in [0, 0.1) is 6.92 Å². The number of carbonyl (C=O) groups is 1. The molecule has 2 saturated heterocycles. The van der Waals surface area contributed by atoms with Gasteiger partial charge in [0.15, 0.2) is 0 Å². The van der Waals surface area contributed by atoms with Gasteiger partial charge in [0.05, 0.1) is 24.0 Å². The maximum atomic E-state index is 12.7. The fourth-order valence-electron chi connectivity index (χ4n) is 3.82. The van der Waals surface area contributed by atoms with E-state index in [0.717, 1.165) is 18.5 Å². The van der Waals surface area contributed by atoms with Crippen molar-refractivity contribution in [2.75, 3.05) is 19.7 Å². The molecule has 1 atom stereocenters. The summed E-state index contributed by atoms with van der Waals surface area (Å²) in [5.41, 5.74) is 0.173. The minimum atomic E-state index is -1.000. The van der Waals surface area contributed by atoms with Crippen LogP contribution in [0.1, 0.15) is 40.3 Å². The van der Waals surface area contributed by atoms with Gasteiger partial charge in [0.25, 0.3) is 5.91 Å². The van der Waals surface area contributed by atoms with E-state index in [1.54, 1.807) is 17.1 Å². The number of thiazole rings is 1. The second-order valence-corrected chi connectivity index (χ2v) is 7.97. The standard InChI is InChI=1S/C17H22N4O3S/c1-12-13(9-19-20(12)2)14(22)21-6-3-16(4-7-21)10-17(23,11-24-16)15-18-5-8-25-15/h5,8-9,23H,3-4,6-7,10-11H2,1-2H3/t17-/m0/s1. The van der Waals surface area contributed by atoms with Gasteiger partial charge in [-0.05, 0) is 19.8 Å². The molecular formula is C17H22N4O3S. The maximum absolute atomic E-state index is 12.7. The second kappa shape index (κ2) is 5.89. The van der Waals surface area contributed by atoms with E-state index in [4.69, 9.17) is 4.74 Å². The average Bonchev–Trinajstić information content (AvgIpc) is 3.31. The molecule has 0 radical (unpaired) electrons. The van der Waals surface area contributed by atoms with Crippen molar-refractivity contribution >= 4 is 17.2 Å². The van der Waals surface area contributed by atoms with Crippen LogP contribution in [0.25, 0.3) is 0 Å². The summed E-state index contributed by atoms with van der Waals surface area (Å²) in [4.78, 5) is 18.8. The number of aryl methyl sites for hydroxylation is 1. The smallest absolute Gasteiger partial charge is 0.257 e. The third kappa shape index (κ3) is 2.78. The summed E-state index contributed by atoms with van der Waals surface area (Å²) in [6, 6.07) is 0. The lowest BCUT2D eigenvalue weighted by Crippen LogP contribution is -2.47. The monoisotopic (exact) mass is 362 g/mol. The van der Waals surface area contributed by atoms with Gasteiger partial charge in [-0.15, -0.1) is 11.3 Å². The highest BCUT2D eigenvalue weighted by Gasteiger charge is 2.52. The Balaban J connectivity index is 1.44. The number of piperidine rings is 1. The lowest BCUT2D eigenvalue weighted by atomic mass is 9.83. The zero-order chi connectivity index (χ0) is 17.7. The molecule has 2 aliphatic heterocycles. The maximum Gasteiger partial charge on any atom is 0.257 e. The van der Waals surface area contributed by atoms with Gasteiger partial charge in [0, 0.05) is 43.8 Å². The van der Waals surface area contributed by atoms with Crippen LogP contribution in [0.4, 0.5) is 0 Å². The first-order valence-corrected chi connectivity index (χ1v) is 9.35. The first-order chi connectivity index (χ1) is 11.9. The van der Waals surface area contributed by atoms with Crippen LogP contribution in [0.2, 0.25) is 0 Å². The minimum Gasteiger partial charge on any atom is -0.380 e. The molecule has 0 aromatic carbocycles. The van der Waals surface area contributed by atoms with Gasteiger partial charge in [-0.3, -0.25) is 9.48 Å². The molecule has 134 valence electrons. The van der Waals surface area contributed by atoms with E-state index in [1.807, 2.05) is 24.3 Å². The summed E-state index contributed by atoms with van der Waals surface area (Å²) in [7, 11) is 1.84. The highest BCUT2D eigenvalue weighted by atomic mass is 32.1. The Morgan fingerprint density at radius 3 is 2.76 bits per heavy atom. The summed E-state index contributed by atoms with van der Waals surface area (Å²) in [5, 5.41) is 17.6. The average molecular weight is 362 g/mol. The van der Waals surface area contributed by atoms with E-state index in [9.17, 15) is 9.90 Å². The predicted octanol–water partition coefficient (Wildman–Crippen LogP) is 1.47. The Morgan fingerprint density at radius 2 is 2.16 bits per heavy atom. The quantitative estimate of drug-likeness (QED) is 0.875. The summed E-state index contributed by atoms with van der Waals surface area (Å²) < 4.78 is 7.76. The summed E-state index contributed by atoms with van der Waals surface area (Å²) in [6.45, 7) is 3.43. The van der Waals surface area contributed by atoms with E-state index in [2.05, 4.69) is 10.1 Å². The largest absolute Gasteiger partial charge is 0.380 e. The van der Waals surface area contributed by atoms with Crippen molar-refractivity contribution in [2.24, 2.45) is 7.05 Å². The Morgan fingerprint density at radius 1 is 1.40 bits per heavy atom. The number of nitrogens with zero attached hydrogens (tertiary/aromatic N) is 4. The Kier molecular flexibility index (Phi) is 3.93. The van der Waals surface area contributed by atoms with Crippen molar-refractivity contribution in [3.05, 3.63) is 34.0 Å². The molecule has 2 aromatic heterocycles. The normalized spacial score (nSPS) is 25.6. The summed E-state index contributed by atoms with van der Waals surface area (Å²) >= 11 is 1.46. The van der Waals surface area contributed by atoms with E-state index in [1.165, 1.54) is 11.3 Å². The van der Waals surface area contributed by atoms with Crippen LogP contribution >= 0.6 is 11.3 Å². The molecular weight excluding hydrogens is 340 g/mol. The Labute approximate surface area is 150 Å². The molecule has 0 unspecified atom stereocenters. The molecule has 7 nitrogen and oxygen atoms in total. The molecule has 0 saturated carbocycles. The fraction of sp³-hybridized carbons (Fsp3) is 0.588. The molecule has 4 rings (SSSR count). The molecule has 1 amide bonds. The van der Waals surface area contributed by atoms with Gasteiger partial charge in [-0.25, -0.2) is 4.98 Å². The first-order valence-electron chi connectivity index (χ1n) is 8.47. The first kappa shape index (κ1) is 16.7. The molecule has 0 bridgehead atoms. The van der Waals surface area contributed by atoms with Crippen molar-refractivity contribution in [3.63, 3.8) is 0 Å². The molecule has 25 heavy (non-hydrogen) atoms. The SMILES string of the molecule is Cc1c(C(=O)N2CCC3(CC2)C[C@@](O)(c2nccs2)CO3)cnn1C. The number of carbonyl (C=O) groups excluding carboxylic acids is 1. The van der Waals surface area contributed by atoms with Crippen LogP contribution in [0.5, 0.6) is 0 Å². The summed E-state index contributed by atoms with van der Waals surface area (Å²) in [5.74, 6) is 0.0219. The lowest BCUT2D eigenvalue weighted by Gasteiger charge is -2.38. The van der Waals surface area contributed by atoms with Gasteiger partial charge < -0.3 is 14.7 Å². The number of aliphatic hydroxyl groups is 1. The molecule has 1 N–H and O–H groups in total. The van der Waals surface area contributed by atoms with Gasteiger partial charge in [-0.1, -0.05) is 0 Å². The Hall–Kier alpha value is -1.77. The van der Waals surface area contributed by atoms with Gasteiger partial charge in [0.1, 0.15) is 10.6 Å². The molecule has 2 aromatic rings.